The molecule has 20 heteroatoms. The molecule has 0 aliphatic carbocycles. The molecule has 4 aliphatic rings. The van der Waals surface area contributed by atoms with Crippen LogP contribution < -0.4 is 26.1 Å². The number of nitrogen functional groups attached to an aromatic ring is 1. The van der Waals surface area contributed by atoms with E-state index < -0.39 is 40.9 Å². The largest absolute Gasteiger partial charge is 0.477 e. The Morgan fingerprint density at radius 1 is 1.24 bits per heavy atom. The molecule has 3 amide bonds. The van der Waals surface area contributed by atoms with Gasteiger partial charge in [0.25, 0.3) is 17.7 Å². The molecule has 7 rings (SSSR count). The Morgan fingerprint density at radius 3 is 2.71 bits per heavy atom. The molecule has 0 bridgehead atoms. The van der Waals surface area contributed by atoms with Crippen molar-refractivity contribution in [2.24, 2.45) is 5.16 Å². The first-order chi connectivity index (χ1) is 24.5. The van der Waals surface area contributed by atoms with Gasteiger partial charge in [0.15, 0.2) is 29.4 Å². The second kappa shape index (κ2) is 14.1. The lowest BCUT2D eigenvalue weighted by molar-refractivity contribution is -0.766. The van der Waals surface area contributed by atoms with Gasteiger partial charge >= 0.3 is 5.97 Å². The summed E-state index contributed by atoms with van der Waals surface area (Å²) in [5.74, 6) is -2.47. The normalized spacial score (nSPS) is 20.3. The highest BCUT2D eigenvalue weighted by Crippen LogP contribution is 2.40. The third-order valence-corrected chi connectivity index (χ3v) is 11.4. The first-order valence-corrected chi connectivity index (χ1v) is 18.3. The fourth-order valence-corrected chi connectivity index (χ4v) is 8.76. The number of fused-ring (bicyclic) bond motifs is 2. The van der Waals surface area contributed by atoms with Gasteiger partial charge in [-0.2, -0.15) is 0 Å². The highest BCUT2D eigenvalue weighted by Gasteiger charge is 2.55. The van der Waals surface area contributed by atoms with Crippen molar-refractivity contribution < 1.29 is 38.2 Å². The van der Waals surface area contributed by atoms with Crippen LogP contribution in [0.3, 0.4) is 0 Å². The molecule has 4 aliphatic heterocycles. The van der Waals surface area contributed by atoms with E-state index in [1.807, 2.05) is 25.3 Å². The van der Waals surface area contributed by atoms with Gasteiger partial charge in [0.2, 0.25) is 0 Å². The Kier molecular flexibility index (Phi) is 9.62. The molecule has 2 saturated heterocycles. The number of nitrogens with two attached hydrogens (primary N) is 1. The lowest BCUT2D eigenvalue weighted by atomic mass is 10.0. The predicted octanol–water partition coefficient (Wildman–Crippen LogP) is 1.16. The van der Waals surface area contributed by atoms with Crippen LogP contribution in [0.2, 0.25) is 5.02 Å². The molecule has 51 heavy (non-hydrogen) atoms. The third-order valence-electron chi connectivity index (χ3n) is 9.05. The summed E-state index contributed by atoms with van der Waals surface area (Å²) in [6, 6.07) is 3.54. The van der Waals surface area contributed by atoms with Crippen LogP contribution in [0.1, 0.15) is 34.5 Å². The van der Waals surface area contributed by atoms with Crippen molar-refractivity contribution in [2.75, 3.05) is 43.1 Å². The molecule has 2 atom stereocenters. The quantitative estimate of drug-likeness (QED) is 0.0950. The number of oxime groups is 1. The summed E-state index contributed by atoms with van der Waals surface area (Å²) in [6.45, 7) is 2.91. The van der Waals surface area contributed by atoms with Gasteiger partial charge in [0.1, 0.15) is 35.7 Å². The van der Waals surface area contributed by atoms with Gasteiger partial charge in [0.05, 0.1) is 12.6 Å². The number of amides is 3. The van der Waals surface area contributed by atoms with E-state index in [1.54, 1.807) is 6.20 Å². The van der Waals surface area contributed by atoms with Gasteiger partial charge in [0, 0.05) is 59.0 Å². The lowest BCUT2D eigenvalue weighted by Crippen LogP contribution is -2.71. The predicted molar refractivity (Wildman–Crippen MR) is 185 cm³/mol. The topological polar surface area (TPSA) is 192 Å². The van der Waals surface area contributed by atoms with Crippen molar-refractivity contribution in [3.05, 3.63) is 68.7 Å². The lowest BCUT2D eigenvalue weighted by Gasteiger charge is -2.49. The summed E-state index contributed by atoms with van der Waals surface area (Å²) in [5.41, 5.74) is 9.30. The van der Waals surface area contributed by atoms with Gasteiger partial charge < -0.3 is 25.9 Å². The highest BCUT2D eigenvalue weighted by molar-refractivity contribution is 8.00. The number of anilines is 2. The fraction of sp³-hybridized carbons (Fsp3) is 0.387. The summed E-state index contributed by atoms with van der Waals surface area (Å²) in [5, 5.41) is 19.7. The number of aromatic nitrogens is 3. The number of carboxylic acids is 1. The van der Waals surface area contributed by atoms with Crippen molar-refractivity contribution in [3.8, 4) is 0 Å². The molecule has 1 aromatic carbocycles. The van der Waals surface area contributed by atoms with E-state index in [0.29, 0.717) is 24.4 Å². The van der Waals surface area contributed by atoms with E-state index in [9.17, 15) is 24.3 Å². The van der Waals surface area contributed by atoms with Crippen LogP contribution in [-0.2, 0) is 38.9 Å². The molecule has 16 nitrogen and oxygen atoms in total. The molecule has 268 valence electrons. The van der Waals surface area contributed by atoms with Gasteiger partial charge in [-0.3, -0.25) is 24.7 Å². The maximum absolute atomic E-state index is 15.3. The maximum Gasteiger partial charge on any atom is 0.352 e. The van der Waals surface area contributed by atoms with Crippen molar-refractivity contribution in [2.45, 2.75) is 43.9 Å². The minimum absolute atomic E-state index is 0.132. The smallest absolute Gasteiger partial charge is 0.352 e. The Morgan fingerprint density at radius 2 is 2.02 bits per heavy atom. The zero-order valence-electron chi connectivity index (χ0n) is 27.2. The van der Waals surface area contributed by atoms with Crippen LogP contribution >= 0.6 is 34.7 Å². The van der Waals surface area contributed by atoms with E-state index in [4.69, 9.17) is 22.2 Å². The number of thiazole rings is 1. The summed E-state index contributed by atoms with van der Waals surface area (Å²) in [6.07, 6.45) is 3.78. The van der Waals surface area contributed by atoms with Gasteiger partial charge in [-0.15, -0.1) is 32.5 Å². The summed E-state index contributed by atoms with van der Waals surface area (Å²) in [4.78, 5) is 63.6. The molecule has 2 aromatic heterocycles. The maximum atomic E-state index is 15.3. The van der Waals surface area contributed by atoms with Crippen molar-refractivity contribution in [1.82, 2.24) is 30.3 Å². The van der Waals surface area contributed by atoms with Crippen LogP contribution in [0.5, 0.6) is 0 Å². The van der Waals surface area contributed by atoms with Crippen LogP contribution in [0, 0.1) is 5.82 Å². The Hall–Kier alpha value is -4.72. The van der Waals surface area contributed by atoms with E-state index in [-0.39, 0.29) is 51.5 Å². The first-order valence-electron chi connectivity index (χ1n) is 16.0. The zero-order chi connectivity index (χ0) is 36.0. The number of nitrogens with zero attached hydrogens (tertiary/aromatic N) is 7. The molecule has 0 radical (unpaired) electrons. The molecule has 0 spiro atoms. The second-order valence-electron chi connectivity index (χ2n) is 12.2. The number of thioether (sulfide) groups is 1. The molecule has 6 heterocycles. The number of hydrogen-bond acceptors (Lipinski definition) is 12. The molecule has 2 fully saturated rings. The van der Waals surface area contributed by atoms with E-state index in [2.05, 4.69) is 20.9 Å². The first kappa shape index (κ1) is 34.7. The van der Waals surface area contributed by atoms with Crippen molar-refractivity contribution in [1.29, 1.82) is 0 Å². The number of nitrogens with one attached hydrogen (secondary N) is 2. The number of carbonyl (C=O) groups excluding carboxylic acids is 3. The van der Waals surface area contributed by atoms with E-state index >= 15 is 4.39 Å². The average Bonchev–Trinajstić information content (AvgIpc) is 3.92. The molecule has 0 saturated carbocycles. The molecular weight excluding hydrogens is 727 g/mol. The van der Waals surface area contributed by atoms with E-state index in [1.165, 1.54) is 41.3 Å². The number of rotatable bonds is 11. The van der Waals surface area contributed by atoms with Crippen LogP contribution in [0.4, 0.5) is 15.3 Å². The Bertz CT molecular complexity index is 1970. The number of hydrazine groups is 1. The van der Waals surface area contributed by atoms with Crippen molar-refractivity contribution >= 4 is 75.1 Å². The minimum atomic E-state index is -1.26. The molecular formula is C31H33ClFN10O6S2+. The minimum Gasteiger partial charge on any atom is -0.477 e. The number of aliphatic carboxylic acids is 1. The third kappa shape index (κ3) is 6.61. The number of β-lactam (4-membered cyclic amide) rings is 1. The monoisotopic (exact) mass is 759 g/mol. The number of benzene rings is 1. The number of hydrogen-bond donors (Lipinski definition) is 4. The summed E-state index contributed by atoms with van der Waals surface area (Å²) < 4.78 is 19.2. The number of halogens is 2. The summed E-state index contributed by atoms with van der Waals surface area (Å²) in [7, 11) is 1.27. The van der Waals surface area contributed by atoms with Crippen molar-refractivity contribution in [3.63, 3.8) is 0 Å². The number of carbonyl (C=O) groups is 4. The molecule has 0 unspecified atom stereocenters. The standard InChI is InChI=1S/C31H32ClFN10O6S2/c1-49-38-23(21-15-51-31(34)35-21)27(45)36-24-28(46)43-25(30(47)48)17(14-50-29(24)43)12-41-7-4-22-39(8-9-42(22)41)13-18-19(32)10-16(11-20(18)33)26(44)37-40-5-2-3-6-40/h4,7,10-11,15,24,29H,2-3,5-6,8-9,12-14H2,1H3,(H4-,34,35,36,37,44,45,47,48)/p+1/b38-23-/t24-,29-/m1/s1. The second-order valence-corrected chi connectivity index (χ2v) is 14.6. The zero-order valence-corrected chi connectivity index (χ0v) is 29.6. The average molecular weight is 760 g/mol. The van der Waals surface area contributed by atoms with Gasteiger partial charge in [-0.1, -0.05) is 16.8 Å². The van der Waals surface area contributed by atoms with Crippen LogP contribution in [-0.4, -0.2) is 98.0 Å². The van der Waals surface area contributed by atoms with Gasteiger partial charge in [-0.25, -0.2) is 19.2 Å². The summed E-state index contributed by atoms with van der Waals surface area (Å²) >= 11 is 8.96. The number of carboxylic acid groups (broad SMARTS) is 1. The highest BCUT2D eigenvalue weighted by atomic mass is 35.5. The molecule has 3 aromatic rings. The Labute approximate surface area is 303 Å². The van der Waals surface area contributed by atoms with Crippen LogP contribution in [0.15, 0.2) is 46.2 Å². The molecule has 5 N–H and O–H groups in total. The SMILES string of the molecule is CO/N=C(\C(=O)N[C@@H]1C(=O)N2C(C(=O)O)=C(C[n+]3ccc4n3CCN4Cc3c(F)cc(C(=O)NN4CCCC4)cc3Cl)CS[C@H]12)c1csc(N)n1. The fourth-order valence-electron chi connectivity index (χ4n) is 6.61. The Balaban J connectivity index is 1.04. The van der Waals surface area contributed by atoms with E-state index in [0.717, 1.165) is 43.1 Å². The van der Waals surface area contributed by atoms with Crippen LogP contribution in [0.25, 0.3) is 0 Å². The van der Waals surface area contributed by atoms with Gasteiger partial charge in [-0.05, 0) is 25.0 Å².